The third kappa shape index (κ3) is 7.22. The number of nitrogens with one attached hydrogen (secondary N) is 1. The van der Waals surface area contributed by atoms with Gasteiger partial charge in [0.1, 0.15) is 0 Å². The molecule has 3 heterocycles. The van der Waals surface area contributed by atoms with Gasteiger partial charge in [-0.1, -0.05) is 44.8 Å². The predicted octanol–water partition coefficient (Wildman–Crippen LogP) is 7.55. The number of carbonyl (C=O) groups excluding carboxylic acids is 1. The SMILES string of the molecule is CCCN(Cc1c(Br)cc(C(=O)Nc2ccc(C)c(N(c3cccnc3)c3nccs3)c2)cc1Br)N1CCOCC1. The second-order valence-electron chi connectivity index (χ2n) is 9.69. The Morgan fingerprint density at radius 3 is 2.56 bits per heavy atom. The van der Waals surface area contributed by atoms with Gasteiger partial charge in [-0.05, 0) is 60.9 Å². The Bertz CT molecular complexity index is 1440. The molecule has 1 saturated heterocycles. The molecule has 0 bridgehead atoms. The summed E-state index contributed by atoms with van der Waals surface area (Å²) in [4.78, 5) is 24.4. The molecule has 1 N–H and O–H groups in total. The van der Waals surface area contributed by atoms with Crippen LogP contribution in [0.1, 0.15) is 34.8 Å². The number of aryl methyl sites for hydroxylation is 1. The lowest BCUT2D eigenvalue weighted by molar-refractivity contribution is -0.0954. The first-order valence-electron chi connectivity index (χ1n) is 13.5. The number of aromatic nitrogens is 2. The molecule has 1 fully saturated rings. The highest BCUT2D eigenvalue weighted by atomic mass is 79.9. The molecule has 0 saturated carbocycles. The van der Waals surface area contributed by atoms with E-state index in [4.69, 9.17) is 4.74 Å². The van der Waals surface area contributed by atoms with Crippen LogP contribution in [0.4, 0.5) is 22.2 Å². The fraction of sp³-hybridized carbons (Fsp3) is 0.300. The maximum Gasteiger partial charge on any atom is 0.255 e. The van der Waals surface area contributed by atoms with Crippen LogP contribution in [0.5, 0.6) is 0 Å². The minimum absolute atomic E-state index is 0.187. The van der Waals surface area contributed by atoms with E-state index in [2.05, 4.69) is 69.0 Å². The molecule has 1 aliphatic heterocycles. The zero-order valence-electron chi connectivity index (χ0n) is 23.0. The van der Waals surface area contributed by atoms with Crippen LogP contribution >= 0.6 is 43.2 Å². The van der Waals surface area contributed by atoms with Gasteiger partial charge in [0, 0.05) is 64.1 Å². The summed E-state index contributed by atoms with van der Waals surface area (Å²) in [5, 5.41) is 10.6. The lowest BCUT2D eigenvalue weighted by Crippen LogP contribution is -2.48. The number of amides is 1. The van der Waals surface area contributed by atoms with Crippen molar-refractivity contribution in [2.75, 3.05) is 43.1 Å². The number of rotatable bonds is 10. The summed E-state index contributed by atoms with van der Waals surface area (Å²) in [7, 11) is 0. The van der Waals surface area contributed by atoms with Crippen molar-refractivity contribution >= 4 is 71.3 Å². The second-order valence-corrected chi connectivity index (χ2v) is 12.3. The minimum atomic E-state index is -0.187. The van der Waals surface area contributed by atoms with Crippen LogP contribution in [-0.2, 0) is 11.3 Å². The number of ether oxygens (including phenoxy) is 1. The van der Waals surface area contributed by atoms with Gasteiger partial charge < -0.3 is 10.1 Å². The number of carbonyl (C=O) groups is 1. The Kier molecular flexibility index (Phi) is 10.2. The molecule has 2 aromatic carbocycles. The van der Waals surface area contributed by atoms with E-state index < -0.39 is 0 Å². The predicted molar refractivity (Wildman–Crippen MR) is 172 cm³/mol. The fourth-order valence-corrected chi connectivity index (χ4v) is 6.89. The maximum atomic E-state index is 13.4. The number of pyridine rings is 1. The first-order chi connectivity index (χ1) is 19.9. The standard InChI is InChI=1S/C30H32Br2N6O2S/c1-3-10-37(36-11-13-40-14-12-36)20-25-26(31)16-22(17-27(25)32)29(39)35-23-7-6-21(2)28(18-23)38(30-34-9-15-41-30)24-5-4-8-33-19-24/h4-9,15-19H,3,10-14,20H2,1-2H3,(H,35,39). The first-order valence-corrected chi connectivity index (χ1v) is 16.0. The summed E-state index contributed by atoms with van der Waals surface area (Å²) in [6.07, 6.45) is 6.39. The molecule has 2 aromatic heterocycles. The van der Waals surface area contributed by atoms with E-state index >= 15 is 0 Å². The van der Waals surface area contributed by atoms with E-state index in [1.165, 1.54) is 0 Å². The molecule has 8 nitrogen and oxygen atoms in total. The van der Waals surface area contributed by atoms with Gasteiger partial charge >= 0.3 is 0 Å². The molecule has 11 heteroatoms. The Morgan fingerprint density at radius 1 is 1.12 bits per heavy atom. The summed E-state index contributed by atoms with van der Waals surface area (Å²) in [6, 6.07) is 13.6. The number of hydrogen-bond donors (Lipinski definition) is 1. The largest absolute Gasteiger partial charge is 0.379 e. The summed E-state index contributed by atoms with van der Waals surface area (Å²) < 4.78 is 7.33. The van der Waals surface area contributed by atoms with Crippen molar-refractivity contribution in [1.29, 1.82) is 0 Å². The molecule has 1 aliphatic rings. The maximum absolute atomic E-state index is 13.4. The van der Waals surface area contributed by atoms with Crippen LogP contribution in [0.2, 0.25) is 0 Å². The molecule has 0 aliphatic carbocycles. The minimum Gasteiger partial charge on any atom is -0.379 e. The molecule has 1 amide bonds. The fourth-order valence-electron chi connectivity index (χ4n) is 4.78. The van der Waals surface area contributed by atoms with E-state index in [1.54, 1.807) is 23.7 Å². The number of anilines is 4. The summed E-state index contributed by atoms with van der Waals surface area (Å²) in [5.41, 5.74) is 5.23. The molecule has 0 radical (unpaired) electrons. The number of hydrazine groups is 1. The van der Waals surface area contributed by atoms with Crippen molar-refractivity contribution < 1.29 is 9.53 Å². The monoisotopic (exact) mass is 698 g/mol. The Balaban J connectivity index is 1.37. The quantitative estimate of drug-likeness (QED) is 0.183. The van der Waals surface area contributed by atoms with Crippen molar-refractivity contribution in [2.24, 2.45) is 0 Å². The second kappa shape index (κ2) is 14.0. The molecule has 5 rings (SSSR count). The van der Waals surface area contributed by atoms with Gasteiger partial charge in [0.15, 0.2) is 5.13 Å². The number of benzene rings is 2. The van der Waals surface area contributed by atoms with Crippen molar-refractivity contribution in [3.05, 3.63) is 92.1 Å². The van der Waals surface area contributed by atoms with Crippen molar-refractivity contribution in [2.45, 2.75) is 26.8 Å². The smallest absolute Gasteiger partial charge is 0.255 e. The summed E-state index contributed by atoms with van der Waals surface area (Å²) in [5.74, 6) is -0.187. The van der Waals surface area contributed by atoms with Crippen LogP contribution < -0.4 is 10.2 Å². The molecule has 0 spiro atoms. The van der Waals surface area contributed by atoms with E-state index in [-0.39, 0.29) is 5.91 Å². The Morgan fingerprint density at radius 2 is 1.90 bits per heavy atom. The number of morpholine rings is 1. The van der Waals surface area contributed by atoms with E-state index in [0.717, 1.165) is 82.4 Å². The van der Waals surface area contributed by atoms with E-state index in [9.17, 15) is 4.79 Å². The van der Waals surface area contributed by atoms with Gasteiger partial charge in [-0.3, -0.25) is 14.7 Å². The van der Waals surface area contributed by atoms with Crippen molar-refractivity contribution in [3.8, 4) is 0 Å². The number of halogens is 2. The van der Waals surface area contributed by atoms with E-state index in [0.29, 0.717) is 11.3 Å². The highest BCUT2D eigenvalue weighted by molar-refractivity contribution is 9.11. The highest BCUT2D eigenvalue weighted by Gasteiger charge is 2.22. The molecular weight excluding hydrogens is 668 g/mol. The number of nitrogens with zero attached hydrogens (tertiary/aromatic N) is 5. The van der Waals surface area contributed by atoms with Gasteiger partial charge in [0.05, 0.1) is 30.8 Å². The average Bonchev–Trinajstić information content (AvgIpc) is 3.51. The molecule has 0 unspecified atom stereocenters. The molecule has 4 aromatic rings. The average molecular weight is 701 g/mol. The van der Waals surface area contributed by atoms with Gasteiger partial charge in [0.25, 0.3) is 5.91 Å². The van der Waals surface area contributed by atoms with Crippen LogP contribution in [0.25, 0.3) is 0 Å². The Labute approximate surface area is 261 Å². The summed E-state index contributed by atoms with van der Waals surface area (Å²) >= 11 is 9.03. The highest BCUT2D eigenvalue weighted by Crippen LogP contribution is 2.38. The van der Waals surface area contributed by atoms with E-state index in [1.807, 2.05) is 61.0 Å². The lowest BCUT2D eigenvalue weighted by atomic mass is 10.1. The van der Waals surface area contributed by atoms with Crippen LogP contribution in [0, 0.1) is 6.92 Å². The zero-order valence-corrected chi connectivity index (χ0v) is 27.0. The van der Waals surface area contributed by atoms with Crippen molar-refractivity contribution in [3.63, 3.8) is 0 Å². The third-order valence-electron chi connectivity index (χ3n) is 6.84. The van der Waals surface area contributed by atoms with Crippen LogP contribution in [0.3, 0.4) is 0 Å². The zero-order chi connectivity index (χ0) is 28.8. The molecular formula is C30H32Br2N6O2S. The van der Waals surface area contributed by atoms with Gasteiger partial charge in [0.2, 0.25) is 0 Å². The van der Waals surface area contributed by atoms with Gasteiger partial charge in [-0.25, -0.2) is 15.0 Å². The third-order valence-corrected chi connectivity index (χ3v) is 9.01. The van der Waals surface area contributed by atoms with Gasteiger partial charge in [-0.2, -0.15) is 0 Å². The normalized spacial score (nSPS) is 13.9. The topological polar surface area (TPSA) is 73.8 Å². The van der Waals surface area contributed by atoms with Crippen LogP contribution in [-0.4, -0.2) is 58.7 Å². The lowest BCUT2D eigenvalue weighted by Gasteiger charge is -2.37. The first kappa shape index (κ1) is 29.8. The molecule has 214 valence electrons. The van der Waals surface area contributed by atoms with Crippen molar-refractivity contribution in [1.82, 2.24) is 20.0 Å². The Hall–Kier alpha value is -2.67. The molecule has 0 atom stereocenters. The number of thiazole rings is 1. The summed E-state index contributed by atoms with van der Waals surface area (Å²) in [6.45, 7) is 9.17. The number of hydrogen-bond acceptors (Lipinski definition) is 8. The van der Waals surface area contributed by atoms with Gasteiger partial charge in [-0.15, -0.1) is 11.3 Å². The molecule has 41 heavy (non-hydrogen) atoms. The van der Waals surface area contributed by atoms with Crippen LogP contribution in [0.15, 0.2) is 75.4 Å².